The van der Waals surface area contributed by atoms with Gasteiger partial charge in [0.25, 0.3) is 0 Å². The first kappa shape index (κ1) is 11.2. The second-order valence-electron chi connectivity index (χ2n) is 5.18. The highest BCUT2D eigenvalue weighted by molar-refractivity contribution is 7.45. The first-order valence-corrected chi connectivity index (χ1v) is 6.07. The molecule has 0 amide bonds. The second-order valence-corrected chi connectivity index (χ2v) is 7.64. The van der Waals surface area contributed by atoms with Crippen LogP contribution < -0.4 is 0 Å². The van der Waals surface area contributed by atoms with Crippen LogP contribution in [-0.2, 0) is 4.57 Å². The topological polar surface area (TPSA) is 17.1 Å². The summed E-state index contributed by atoms with van der Waals surface area (Å²) in [6.45, 7) is 12.6. The highest BCUT2D eigenvalue weighted by Crippen LogP contribution is 2.43. The van der Waals surface area contributed by atoms with Crippen LogP contribution in [0, 0.1) is 5.41 Å². The van der Waals surface area contributed by atoms with Crippen molar-refractivity contribution in [2.75, 3.05) is 6.66 Å². The van der Waals surface area contributed by atoms with Crippen molar-refractivity contribution in [2.45, 2.75) is 46.2 Å². The van der Waals surface area contributed by atoms with E-state index in [2.05, 4.69) is 34.6 Å². The van der Waals surface area contributed by atoms with Gasteiger partial charge in [-0.3, -0.25) is 0 Å². The molecule has 0 saturated carbocycles. The zero-order valence-electron chi connectivity index (χ0n) is 8.62. The van der Waals surface area contributed by atoms with Crippen LogP contribution in [0.4, 0.5) is 0 Å². The lowest BCUT2D eigenvalue weighted by molar-refractivity contribution is 0.332. The van der Waals surface area contributed by atoms with E-state index in [1.165, 1.54) is 0 Å². The minimum absolute atomic E-state index is 0.0307. The van der Waals surface area contributed by atoms with E-state index in [1.54, 1.807) is 0 Å². The van der Waals surface area contributed by atoms with Crippen molar-refractivity contribution in [3.8, 4) is 0 Å². The Morgan fingerprint density at radius 1 is 1.09 bits per heavy atom. The van der Waals surface area contributed by atoms with Crippen LogP contribution in [0.3, 0.4) is 0 Å². The summed E-state index contributed by atoms with van der Waals surface area (Å²) in [6, 6.07) is 0. The summed E-state index contributed by atoms with van der Waals surface area (Å²) in [7, 11) is -1.39. The second kappa shape index (κ2) is 3.31. The summed E-state index contributed by atoms with van der Waals surface area (Å²) < 4.78 is 11.3. The third-order valence-corrected chi connectivity index (χ3v) is 4.01. The zero-order valence-corrected chi connectivity index (χ0v) is 9.62. The predicted octanol–water partition coefficient (Wildman–Crippen LogP) is 3.39. The van der Waals surface area contributed by atoms with Crippen molar-refractivity contribution in [1.29, 1.82) is 0 Å². The molecule has 0 aliphatic carbocycles. The van der Waals surface area contributed by atoms with Gasteiger partial charge in [-0.1, -0.05) is 34.6 Å². The van der Waals surface area contributed by atoms with Gasteiger partial charge in [0, 0.05) is 5.16 Å². The minimum Gasteiger partial charge on any atom is -0.327 e. The van der Waals surface area contributed by atoms with Crippen LogP contribution in [0.25, 0.3) is 0 Å². The van der Waals surface area contributed by atoms with Gasteiger partial charge in [0.2, 0.25) is 0 Å². The quantitative estimate of drug-likeness (QED) is 0.589. The lowest BCUT2D eigenvalue weighted by Crippen LogP contribution is -2.22. The third kappa shape index (κ3) is 4.63. The molecule has 0 heterocycles. The lowest BCUT2D eigenvalue weighted by Gasteiger charge is -2.30. The largest absolute Gasteiger partial charge is 0.327 e. The molecule has 0 saturated heterocycles. The molecule has 0 N–H and O–H groups in total. The Bertz CT molecular complexity index is 153. The van der Waals surface area contributed by atoms with Crippen LogP contribution in [0.1, 0.15) is 41.0 Å². The normalized spacial score (nSPS) is 16.5. The van der Waals surface area contributed by atoms with Gasteiger partial charge in [-0.25, -0.2) is 0 Å². The molecule has 1 atom stereocenters. The van der Waals surface area contributed by atoms with E-state index in [0.717, 1.165) is 6.42 Å². The van der Waals surface area contributed by atoms with Gasteiger partial charge in [0.1, 0.15) is 0 Å². The molecule has 0 spiro atoms. The minimum atomic E-state index is -1.39. The van der Waals surface area contributed by atoms with Gasteiger partial charge >= 0.3 is 0 Å². The van der Waals surface area contributed by atoms with E-state index in [0.29, 0.717) is 5.41 Å². The van der Waals surface area contributed by atoms with Gasteiger partial charge in [-0.2, -0.15) is 0 Å². The SMILES string of the molecule is C[PH](=O)C(C)(C)CC(C)(C)C. The third-order valence-electron chi connectivity index (χ3n) is 1.93. The Balaban J connectivity index is 4.25. The van der Waals surface area contributed by atoms with Crippen LogP contribution in [0.15, 0.2) is 0 Å². The first-order chi connectivity index (χ1) is 4.65. The molecular formula is C9H21OP. The standard InChI is InChI=1S/C9H21OP/c1-8(2,3)7-9(4,5)11(6)10/h11H,7H2,1-6H3. The molecule has 0 aromatic carbocycles. The van der Waals surface area contributed by atoms with Crippen molar-refractivity contribution in [1.82, 2.24) is 0 Å². The molecule has 2 heteroatoms. The molecule has 1 nitrogen and oxygen atoms in total. The summed E-state index contributed by atoms with van der Waals surface area (Å²) in [5, 5.41) is 0.0307. The fraction of sp³-hybridized carbons (Fsp3) is 1.00. The fourth-order valence-electron chi connectivity index (χ4n) is 1.45. The van der Waals surface area contributed by atoms with Gasteiger partial charge in [-0.05, 0) is 18.5 Å². The molecule has 11 heavy (non-hydrogen) atoms. The van der Waals surface area contributed by atoms with Gasteiger partial charge in [0.05, 0.1) is 7.80 Å². The molecule has 68 valence electrons. The Morgan fingerprint density at radius 3 is 1.55 bits per heavy atom. The highest BCUT2D eigenvalue weighted by atomic mass is 31.1. The van der Waals surface area contributed by atoms with Gasteiger partial charge in [0.15, 0.2) is 0 Å². The fourth-order valence-corrected chi connectivity index (χ4v) is 2.23. The van der Waals surface area contributed by atoms with Crippen LogP contribution >= 0.6 is 7.80 Å². The maximum Gasteiger partial charge on any atom is 0.0786 e. The van der Waals surface area contributed by atoms with E-state index in [4.69, 9.17) is 0 Å². The number of hydrogen-bond acceptors (Lipinski definition) is 1. The average molecular weight is 176 g/mol. The summed E-state index contributed by atoms with van der Waals surface area (Å²) in [6.07, 6.45) is 1.04. The molecular weight excluding hydrogens is 155 g/mol. The van der Waals surface area contributed by atoms with Crippen LogP contribution in [-0.4, -0.2) is 11.8 Å². The van der Waals surface area contributed by atoms with E-state index in [-0.39, 0.29) is 5.16 Å². The Labute approximate surface area is 71.4 Å². The summed E-state index contributed by atoms with van der Waals surface area (Å²) >= 11 is 0. The van der Waals surface area contributed by atoms with Crippen molar-refractivity contribution in [3.63, 3.8) is 0 Å². The van der Waals surface area contributed by atoms with Crippen molar-refractivity contribution >= 4 is 7.80 Å². The number of rotatable bonds is 2. The molecule has 0 aromatic rings. The van der Waals surface area contributed by atoms with E-state index in [9.17, 15) is 4.57 Å². The summed E-state index contributed by atoms with van der Waals surface area (Å²) in [4.78, 5) is 0. The highest BCUT2D eigenvalue weighted by Gasteiger charge is 2.28. The molecule has 0 radical (unpaired) electrons. The van der Waals surface area contributed by atoms with E-state index in [1.807, 2.05) is 6.66 Å². The molecule has 0 bridgehead atoms. The molecule has 0 fully saturated rings. The summed E-state index contributed by atoms with van der Waals surface area (Å²) in [5.41, 5.74) is 0.292. The number of hydrogen-bond donors (Lipinski definition) is 0. The van der Waals surface area contributed by atoms with Crippen molar-refractivity contribution in [3.05, 3.63) is 0 Å². The maximum atomic E-state index is 11.3. The Kier molecular flexibility index (Phi) is 3.38. The average Bonchev–Trinajstić information content (AvgIpc) is 1.56. The predicted molar refractivity (Wildman–Crippen MR) is 53.1 cm³/mol. The molecule has 0 aliphatic heterocycles. The van der Waals surface area contributed by atoms with Crippen molar-refractivity contribution < 1.29 is 4.57 Å². The lowest BCUT2D eigenvalue weighted by atomic mass is 9.86. The van der Waals surface area contributed by atoms with Crippen LogP contribution in [0.5, 0.6) is 0 Å². The van der Waals surface area contributed by atoms with E-state index >= 15 is 0 Å². The Morgan fingerprint density at radius 2 is 1.45 bits per heavy atom. The smallest absolute Gasteiger partial charge is 0.0786 e. The molecule has 0 aliphatic rings. The van der Waals surface area contributed by atoms with Crippen molar-refractivity contribution in [2.24, 2.45) is 5.41 Å². The molecule has 1 unspecified atom stereocenters. The first-order valence-electron chi connectivity index (χ1n) is 4.16. The van der Waals surface area contributed by atoms with E-state index < -0.39 is 7.80 Å². The molecule has 0 rings (SSSR count). The molecule has 0 aromatic heterocycles. The van der Waals surface area contributed by atoms with Crippen LogP contribution in [0.2, 0.25) is 0 Å². The Hall–Kier alpha value is 0.230. The maximum absolute atomic E-state index is 11.3. The monoisotopic (exact) mass is 176 g/mol. The van der Waals surface area contributed by atoms with Gasteiger partial charge < -0.3 is 4.57 Å². The zero-order chi connectivity index (χ0) is 9.28. The summed E-state index contributed by atoms with van der Waals surface area (Å²) in [5.74, 6) is 0. The van der Waals surface area contributed by atoms with Gasteiger partial charge in [-0.15, -0.1) is 0 Å².